The van der Waals surface area contributed by atoms with Crippen LogP contribution in [0.3, 0.4) is 0 Å². The molecule has 8 heteroatoms. The van der Waals surface area contributed by atoms with Gasteiger partial charge < -0.3 is 4.90 Å². The predicted octanol–water partition coefficient (Wildman–Crippen LogP) is 1.84. The van der Waals surface area contributed by atoms with Crippen LogP contribution in [-0.4, -0.2) is 39.0 Å². The zero-order valence-electron chi connectivity index (χ0n) is 10.1. The molecule has 0 saturated heterocycles. The minimum atomic E-state index is 0.156. The number of hydrogen-bond donors (Lipinski definition) is 0. The summed E-state index contributed by atoms with van der Waals surface area (Å²) in [6.45, 7) is 1.93. The summed E-state index contributed by atoms with van der Waals surface area (Å²) in [4.78, 5) is 22.4. The van der Waals surface area contributed by atoms with Gasteiger partial charge in [0.1, 0.15) is 0 Å². The fraction of sp³-hybridized carbons (Fsp3) is 0.300. The van der Waals surface area contributed by atoms with E-state index in [0.717, 1.165) is 5.56 Å². The molecule has 0 bridgehead atoms. The van der Waals surface area contributed by atoms with Crippen molar-refractivity contribution < 1.29 is 0 Å². The topological polar surface area (TPSA) is 67.7 Å². The zero-order valence-corrected chi connectivity index (χ0v) is 11.7. The van der Waals surface area contributed by atoms with Crippen molar-refractivity contribution in [3.8, 4) is 0 Å². The average Bonchev–Trinajstić information content (AvgIpc) is 2.31. The highest BCUT2D eigenvalue weighted by atomic mass is 35.5. The molecule has 0 atom stereocenters. The Morgan fingerprint density at radius 1 is 1.06 bits per heavy atom. The molecular weight excluding hydrogens is 272 g/mol. The monoisotopic (exact) mass is 282 g/mol. The van der Waals surface area contributed by atoms with E-state index >= 15 is 0 Å². The van der Waals surface area contributed by atoms with Gasteiger partial charge in [0.2, 0.25) is 16.4 Å². The van der Waals surface area contributed by atoms with E-state index in [9.17, 15) is 0 Å². The van der Waals surface area contributed by atoms with Gasteiger partial charge in [-0.25, -0.2) is 9.97 Å². The van der Waals surface area contributed by atoms with Crippen LogP contribution in [0.15, 0.2) is 22.7 Å². The molecule has 0 N–H and O–H groups in total. The molecule has 0 amide bonds. The Kier molecular flexibility index (Phi) is 3.93. The van der Waals surface area contributed by atoms with Gasteiger partial charge in [0.25, 0.3) is 0 Å². The first-order valence-electron chi connectivity index (χ1n) is 5.10. The Balaban J connectivity index is 2.26. The summed E-state index contributed by atoms with van der Waals surface area (Å²) in [5.41, 5.74) is 1.00. The fourth-order valence-electron chi connectivity index (χ4n) is 1.08. The Labute approximate surface area is 114 Å². The van der Waals surface area contributed by atoms with Gasteiger partial charge in [-0.15, -0.1) is 0 Å². The molecule has 0 saturated carbocycles. The molecule has 2 rings (SSSR count). The third-order valence-corrected chi connectivity index (χ3v) is 2.84. The minimum Gasteiger partial charge on any atom is -0.347 e. The molecule has 18 heavy (non-hydrogen) atoms. The van der Waals surface area contributed by atoms with Gasteiger partial charge in [-0.05, 0) is 35.9 Å². The van der Waals surface area contributed by atoms with Crippen molar-refractivity contribution in [2.75, 3.05) is 19.0 Å². The average molecular weight is 283 g/mol. The zero-order chi connectivity index (χ0) is 13.1. The SMILES string of the molecule is Cc1cnc(Sc2nc(Cl)nc(N(C)C)n2)nc1. The molecule has 2 aromatic rings. The summed E-state index contributed by atoms with van der Waals surface area (Å²) in [5.74, 6) is 0.504. The number of rotatable bonds is 3. The van der Waals surface area contributed by atoms with E-state index in [-0.39, 0.29) is 5.28 Å². The Morgan fingerprint density at radius 2 is 1.72 bits per heavy atom. The van der Waals surface area contributed by atoms with Crippen LogP contribution in [0.25, 0.3) is 0 Å². The van der Waals surface area contributed by atoms with Gasteiger partial charge in [0.05, 0.1) is 0 Å². The molecule has 0 aliphatic heterocycles. The fourth-order valence-corrected chi connectivity index (χ4v) is 1.92. The van der Waals surface area contributed by atoms with Crippen molar-refractivity contribution in [2.24, 2.45) is 0 Å². The maximum absolute atomic E-state index is 5.84. The lowest BCUT2D eigenvalue weighted by atomic mass is 10.4. The smallest absolute Gasteiger partial charge is 0.230 e. The quantitative estimate of drug-likeness (QED) is 0.796. The first-order valence-corrected chi connectivity index (χ1v) is 6.29. The van der Waals surface area contributed by atoms with Crippen LogP contribution in [-0.2, 0) is 0 Å². The van der Waals surface area contributed by atoms with Crippen LogP contribution in [0.2, 0.25) is 5.28 Å². The normalized spacial score (nSPS) is 10.4. The molecular formula is C10H11ClN6S. The van der Waals surface area contributed by atoms with E-state index in [2.05, 4.69) is 24.9 Å². The van der Waals surface area contributed by atoms with Crippen LogP contribution in [0.5, 0.6) is 0 Å². The van der Waals surface area contributed by atoms with Crippen molar-refractivity contribution in [3.05, 3.63) is 23.2 Å². The molecule has 0 fully saturated rings. The van der Waals surface area contributed by atoms with Crippen molar-refractivity contribution in [1.82, 2.24) is 24.9 Å². The van der Waals surface area contributed by atoms with Gasteiger partial charge in [0.15, 0.2) is 5.16 Å². The van der Waals surface area contributed by atoms with E-state index in [1.54, 1.807) is 17.3 Å². The van der Waals surface area contributed by atoms with Crippen LogP contribution in [0, 0.1) is 6.92 Å². The Hall–Kier alpha value is -1.47. The summed E-state index contributed by atoms with van der Waals surface area (Å²) < 4.78 is 0. The Bertz CT molecular complexity index is 545. The number of aromatic nitrogens is 5. The highest BCUT2D eigenvalue weighted by molar-refractivity contribution is 7.99. The first kappa shape index (κ1) is 13.0. The van der Waals surface area contributed by atoms with E-state index in [0.29, 0.717) is 16.3 Å². The molecule has 0 radical (unpaired) electrons. The van der Waals surface area contributed by atoms with E-state index in [4.69, 9.17) is 11.6 Å². The van der Waals surface area contributed by atoms with Gasteiger partial charge in [-0.1, -0.05) is 0 Å². The number of halogens is 1. The molecule has 0 aliphatic carbocycles. The second kappa shape index (κ2) is 5.45. The second-order valence-corrected chi connectivity index (χ2v) is 5.00. The highest BCUT2D eigenvalue weighted by Gasteiger charge is 2.09. The number of hydrogen-bond acceptors (Lipinski definition) is 7. The predicted molar refractivity (Wildman–Crippen MR) is 70.1 cm³/mol. The maximum atomic E-state index is 5.84. The van der Waals surface area contributed by atoms with Crippen molar-refractivity contribution in [2.45, 2.75) is 17.2 Å². The minimum absolute atomic E-state index is 0.156. The third-order valence-electron chi connectivity index (χ3n) is 1.92. The van der Waals surface area contributed by atoms with E-state index in [1.807, 2.05) is 21.0 Å². The summed E-state index contributed by atoms with van der Waals surface area (Å²) >= 11 is 7.09. The van der Waals surface area contributed by atoms with Gasteiger partial charge in [-0.3, -0.25) is 0 Å². The lowest BCUT2D eigenvalue weighted by Crippen LogP contribution is -2.13. The number of nitrogens with zero attached hydrogens (tertiary/aromatic N) is 6. The first-order chi connectivity index (χ1) is 8.54. The molecule has 2 aromatic heterocycles. The lowest BCUT2D eigenvalue weighted by Gasteiger charge is -2.10. The van der Waals surface area contributed by atoms with Crippen LogP contribution < -0.4 is 4.90 Å². The summed E-state index contributed by atoms with van der Waals surface area (Å²) in [6.07, 6.45) is 3.48. The number of anilines is 1. The molecule has 94 valence electrons. The Morgan fingerprint density at radius 3 is 2.33 bits per heavy atom. The third kappa shape index (κ3) is 3.27. The van der Waals surface area contributed by atoms with E-state index in [1.165, 1.54) is 11.8 Å². The molecule has 0 aromatic carbocycles. The highest BCUT2D eigenvalue weighted by Crippen LogP contribution is 2.22. The molecule has 0 spiro atoms. The van der Waals surface area contributed by atoms with Crippen LogP contribution >= 0.6 is 23.4 Å². The van der Waals surface area contributed by atoms with Crippen molar-refractivity contribution >= 4 is 29.3 Å². The summed E-state index contributed by atoms with van der Waals surface area (Å²) in [6, 6.07) is 0. The van der Waals surface area contributed by atoms with Crippen LogP contribution in [0.1, 0.15) is 5.56 Å². The lowest BCUT2D eigenvalue weighted by molar-refractivity contribution is 0.856. The second-order valence-electron chi connectivity index (χ2n) is 3.73. The maximum Gasteiger partial charge on any atom is 0.230 e. The number of aryl methyl sites for hydroxylation is 1. The molecule has 0 aliphatic rings. The van der Waals surface area contributed by atoms with Gasteiger partial charge >= 0.3 is 0 Å². The van der Waals surface area contributed by atoms with Gasteiger partial charge in [0, 0.05) is 26.5 Å². The van der Waals surface area contributed by atoms with E-state index < -0.39 is 0 Å². The van der Waals surface area contributed by atoms with Crippen LogP contribution in [0.4, 0.5) is 5.95 Å². The molecule has 0 unspecified atom stereocenters. The summed E-state index contributed by atoms with van der Waals surface area (Å²) in [7, 11) is 3.67. The van der Waals surface area contributed by atoms with Gasteiger partial charge in [-0.2, -0.15) is 15.0 Å². The molecule has 2 heterocycles. The van der Waals surface area contributed by atoms with Crippen molar-refractivity contribution in [3.63, 3.8) is 0 Å². The summed E-state index contributed by atoms with van der Waals surface area (Å²) in [5, 5.41) is 1.21. The van der Waals surface area contributed by atoms with Crippen molar-refractivity contribution in [1.29, 1.82) is 0 Å². The molecule has 6 nitrogen and oxygen atoms in total. The largest absolute Gasteiger partial charge is 0.347 e. The standard InChI is InChI=1S/C10H11ClN6S/c1-6-4-12-9(13-5-6)18-10-15-7(11)14-8(16-10)17(2)3/h4-5H,1-3H3.